The molecule has 1 amide bonds. The van der Waals surface area contributed by atoms with Gasteiger partial charge < -0.3 is 10.6 Å². The summed E-state index contributed by atoms with van der Waals surface area (Å²) in [4.78, 5) is 12.0. The standard InChI is InChI=1S/C12H15ClN6O/c1-8(6-14-2)12(20)16-11-5-9(3-4-10(11)13)19-7-15-17-18-19/h3-5,7-8,14H,6H2,1-2H3,(H,16,20). The number of anilines is 1. The van der Waals surface area contributed by atoms with E-state index in [1.807, 2.05) is 6.92 Å². The van der Waals surface area contributed by atoms with Crippen molar-refractivity contribution in [2.45, 2.75) is 6.92 Å². The molecule has 0 bridgehead atoms. The van der Waals surface area contributed by atoms with Crippen molar-refractivity contribution in [3.63, 3.8) is 0 Å². The third-order valence-corrected chi connectivity index (χ3v) is 3.11. The molecule has 0 aliphatic heterocycles. The SMILES string of the molecule is CNCC(C)C(=O)Nc1cc(-n2cnnn2)ccc1Cl. The Morgan fingerprint density at radius 2 is 2.30 bits per heavy atom. The summed E-state index contributed by atoms with van der Waals surface area (Å²) in [7, 11) is 1.80. The maximum Gasteiger partial charge on any atom is 0.228 e. The maximum absolute atomic E-state index is 12.0. The van der Waals surface area contributed by atoms with Gasteiger partial charge in [0, 0.05) is 12.5 Å². The highest BCUT2D eigenvalue weighted by Gasteiger charge is 2.14. The van der Waals surface area contributed by atoms with Gasteiger partial charge in [0.25, 0.3) is 0 Å². The zero-order valence-corrected chi connectivity index (χ0v) is 11.9. The number of halogens is 1. The fraction of sp³-hybridized carbons (Fsp3) is 0.333. The molecule has 1 aromatic carbocycles. The van der Waals surface area contributed by atoms with Crippen LogP contribution in [0.3, 0.4) is 0 Å². The van der Waals surface area contributed by atoms with Crippen LogP contribution in [-0.4, -0.2) is 39.7 Å². The molecule has 20 heavy (non-hydrogen) atoms. The number of nitrogens with zero attached hydrogens (tertiary/aromatic N) is 4. The predicted molar refractivity (Wildman–Crippen MR) is 75.9 cm³/mol. The van der Waals surface area contributed by atoms with E-state index in [4.69, 9.17) is 11.6 Å². The number of rotatable bonds is 5. The molecule has 0 saturated carbocycles. The van der Waals surface area contributed by atoms with Crippen molar-refractivity contribution in [2.24, 2.45) is 5.92 Å². The van der Waals surface area contributed by atoms with Crippen LogP contribution in [0, 0.1) is 5.92 Å². The zero-order valence-electron chi connectivity index (χ0n) is 11.2. The lowest BCUT2D eigenvalue weighted by Crippen LogP contribution is -2.28. The Labute approximate surface area is 121 Å². The third-order valence-electron chi connectivity index (χ3n) is 2.78. The van der Waals surface area contributed by atoms with Crippen LogP contribution in [0.2, 0.25) is 5.02 Å². The second-order valence-corrected chi connectivity index (χ2v) is 4.77. The van der Waals surface area contributed by atoms with Gasteiger partial charge in [-0.15, -0.1) is 5.10 Å². The second-order valence-electron chi connectivity index (χ2n) is 4.37. The molecule has 2 N–H and O–H groups in total. The highest BCUT2D eigenvalue weighted by Crippen LogP contribution is 2.24. The molecule has 1 atom stereocenters. The average molecular weight is 295 g/mol. The number of amides is 1. The molecule has 1 heterocycles. The van der Waals surface area contributed by atoms with E-state index in [0.29, 0.717) is 17.3 Å². The first kappa shape index (κ1) is 14.4. The van der Waals surface area contributed by atoms with E-state index < -0.39 is 0 Å². The number of aromatic nitrogens is 4. The topological polar surface area (TPSA) is 84.7 Å². The lowest BCUT2D eigenvalue weighted by Gasteiger charge is -2.13. The molecule has 0 aliphatic carbocycles. The maximum atomic E-state index is 12.0. The number of carbonyl (C=O) groups is 1. The Balaban J connectivity index is 2.19. The second kappa shape index (κ2) is 6.44. The van der Waals surface area contributed by atoms with Crippen molar-refractivity contribution in [3.8, 4) is 5.69 Å². The Bertz CT molecular complexity index is 586. The highest BCUT2D eigenvalue weighted by atomic mass is 35.5. The lowest BCUT2D eigenvalue weighted by atomic mass is 10.1. The van der Waals surface area contributed by atoms with Gasteiger partial charge in [-0.2, -0.15) is 0 Å². The molecule has 0 aliphatic rings. The van der Waals surface area contributed by atoms with E-state index in [9.17, 15) is 4.79 Å². The number of tetrazole rings is 1. The van der Waals surface area contributed by atoms with E-state index in [1.54, 1.807) is 25.2 Å². The van der Waals surface area contributed by atoms with Gasteiger partial charge in [-0.25, -0.2) is 4.68 Å². The molecule has 1 unspecified atom stereocenters. The molecule has 8 heteroatoms. The first-order valence-corrected chi connectivity index (χ1v) is 6.48. The summed E-state index contributed by atoms with van der Waals surface area (Å²) in [6.07, 6.45) is 1.47. The predicted octanol–water partition coefficient (Wildman–Crippen LogP) is 1.11. The molecule has 2 aromatic rings. The Morgan fingerprint density at radius 1 is 1.50 bits per heavy atom. The largest absolute Gasteiger partial charge is 0.324 e. The van der Waals surface area contributed by atoms with Gasteiger partial charge in [-0.05, 0) is 35.7 Å². The molecule has 0 spiro atoms. The molecule has 0 radical (unpaired) electrons. The smallest absolute Gasteiger partial charge is 0.228 e. The first-order chi connectivity index (χ1) is 9.61. The molecule has 7 nitrogen and oxygen atoms in total. The monoisotopic (exact) mass is 294 g/mol. The van der Waals surface area contributed by atoms with E-state index in [1.165, 1.54) is 11.0 Å². The summed E-state index contributed by atoms with van der Waals surface area (Å²) in [5.41, 5.74) is 1.25. The number of hydrogen-bond acceptors (Lipinski definition) is 5. The summed E-state index contributed by atoms with van der Waals surface area (Å²) in [6, 6.07) is 5.19. The minimum Gasteiger partial charge on any atom is -0.324 e. The summed E-state index contributed by atoms with van der Waals surface area (Å²) >= 11 is 6.09. The fourth-order valence-corrected chi connectivity index (χ4v) is 1.85. The highest BCUT2D eigenvalue weighted by molar-refractivity contribution is 6.33. The summed E-state index contributed by atoms with van der Waals surface area (Å²) in [5, 5.41) is 17.2. The van der Waals surface area contributed by atoms with Gasteiger partial charge in [0.1, 0.15) is 6.33 Å². The van der Waals surface area contributed by atoms with Crippen molar-refractivity contribution in [1.82, 2.24) is 25.5 Å². The van der Waals surface area contributed by atoms with Gasteiger partial charge in [0.2, 0.25) is 5.91 Å². The third kappa shape index (κ3) is 3.31. The molecule has 2 rings (SSSR count). The summed E-state index contributed by atoms with van der Waals surface area (Å²) < 4.78 is 1.49. The number of benzene rings is 1. The van der Waals surface area contributed by atoms with Crippen LogP contribution in [0.1, 0.15) is 6.92 Å². The van der Waals surface area contributed by atoms with Crippen LogP contribution in [0.15, 0.2) is 24.5 Å². The summed E-state index contributed by atoms with van der Waals surface area (Å²) in [6.45, 7) is 2.43. The molecule has 0 saturated heterocycles. The van der Waals surface area contributed by atoms with Crippen LogP contribution in [-0.2, 0) is 4.79 Å². The van der Waals surface area contributed by atoms with Crippen LogP contribution in [0.25, 0.3) is 5.69 Å². The minimum absolute atomic E-state index is 0.102. The quantitative estimate of drug-likeness (QED) is 0.863. The average Bonchev–Trinajstić information content (AvgIpc) is 2.95. The Morgan fingerprint density at radius 3 is 2.95 bits per heavy atom. The Hall–Kier alpha value is -1.99. The normalized spacial score (nSPS) is 12.2. The van der Waals surface area contributed by atoms with Gasteiger partial charge in [0.15, 0.2) is 0 Å². The van der Waals surface area contributed by atoms with Crippen molar-refractivity contribution in [3.05, 3.63) is 29.5 Å². The summed E-state index contributed by atoms with van der Waals surface area (Å²) in [5.74, 6) is -0.261. The minimum atomic E-state index is -0.159. The van der Waals surface area contributed by atoms with Crippen molar-refractivity contribution < 1.29 is 4.79 Å². The number of hydrogen-bond donors (Lipinski definition) is 2. The fourth-order valence-electron chi connectivity index (χ4n) is 1.69. The molecular formula is C12H15ClN6O. The van der Waals surface area contributed by atoms with Crippen LogP contribution in [0.4, 0.5) is 5.69 Å². The van der Waals surface area contributed by atoms with Crippen LogP contribution in [0.5, 0.6) is 0 Å². The van der Waals surface area contributed by atoms with Gasteiger partial charge in [-0.3, -0.25) is 4.79 Å². The lowest BCUT2D eigenvalue weighted by molar-refractivity contribution is -0.119. The van der Waals surface area contributed by atoms with Crippen molar-refractivity contribution in [2.75, 3.05) is 18.9 Å². The molecular weight excluding hydrogens is 280 g/mol. The van der Waals surface area contributed by atoms with E-state index in [-0.39, 0.29) is 11.8 Å². The number of carbonyl (C=O) groups excluding carboxylic acids is 1. The van der Waals surface area contributed by atoms with Crippen molar-refractivity contribution in [1.29, 1.82) is 0 Å². The van der Waals surface area contributed by atoms with Gasteiger partial charge in [-0.1, -0.05) is 18.5 Å². The van der Waals surface area contributed by atoms with Crippen molar-refractivity contribution >= 4 is 23.2 Å². The zero-order chi connectivity index (χ0) is 14.5. The molecule has 0 fully saturated rings. The van der Waals surface area contributed by atoms with Gasteiger partial charge >= 0.3 is 0 Å². The first-order valence-electron chi connectivity index (χ1n) is 6.10. The number of nitrogens with one attached hydrogen (secondary N) is 2. The Kier molecular flexibility index (Phi) is 4.65. The van der Waals surface area contributed by atoms with Crippen LogP contribution >= 0.6 is 11.6 Å². The van der Waals surface area contributed by atoms with Crippen LogP contribution < -0.4 is 10.6 Å². The van der Waals surface area contributed by atoms with E-state index in [0.717, 1.165) is 5.69 Å². The van der Waals surface area contributed by atoms with Gasteiger partial charge in [0.05, 0.1) is 16.4 Å². The molecule has 106 valence electrons. The van der Waals surface area contributed by atoms with E-state index >= 15 is 0 Å². The molecule has 1 aromatic heterocycles. The van der Waals surface area contributed by atoms with E-state index in [2.05, 4.69) is 26.2 Å².